The molecule has 3 aromatic rings. The van der Waals surface area contributed by atoms with Crippen molar-refractivity contribution in [3.8, 4) is 0 Å². The van der Waals surface area contributed by atoms with Gasteiger partial charge in [0.15, 0.2) is 5.65 Å². The van der Waals surface area contributed by atoms with Crippen molar-refractivity contribution in [2.45, 2.75) is 51.6 Å². The van der Waals surface area contributed by atoms with Gasteiger partial charge in [-0.15, -0.1) is 5.10 Å². The molecule has 0 aromatic carbocycles. The molecule has 0 saturated heterocycles. The van der Waals surface area contributed by atoms with Crippen LogP contribution < -0.4 is 10.4 Å². The summed E-state index contributed by atoms with van der Waals surface area (Å²) in [4.78, 5) is 12.4. The maximum Gasteiger partial charge on any atom is 0.350 e. The number of pyridine rings is 1. The highest BCUT2D eigenvalue weighted by atomic mass is 32.2. The van der Waals surface area contributed by atoms with Crippen LogP contribution in [0.3, 0.4) is 0 Å². The Labute approximate surface area is 157 Å². The molecule has 0 aliphatic rings. The van der Waals surface area contributed by atoms with Gasteiger partial charge in [0.2, 0.25) is 10.0 Å². The second-order valence-electron chi connectivity index (χ2n) is 6.72. The number of sulfonamides is 1. The molecule has 0 unspecified atom stereocenters. The topological polar surface area (TPSA) is 103 Å². The highest BCUT2D eigenvalue weighted by Gasteiger charge is 2.24. The number of nitrogens with zero attached hydrogens (tertiary/aromatic N) is 5. The van der Waals surface area contributed by atoms with E-state index in [4.69, 9.17) is 0 Å². The van der Waals surface area contributed by atoms with Crippen LogP contribution in [0, 0.1) is 13.8 Å². The number of hydrogen-bond donors (Lipinski definition) is 1. The van der Waals surface area contributed by atoms with Gasteiger partial charge in [-0.25, -0.2) is 22.6 Å². The molecule has 10 heteroatoms. The van der Waals surface area contributed by atoms with Crippen LogP contribution in [0.2, 0.25) is 0 Å². The molecule has 9 nitrogen and oxygen atoms in total. The smallest absolute Gasteiger partial charge is 0.266 e. The zero-order valence-corrected chi connectivity index (χ0v) is 16.7. The molecule has 1 N–H and O–H groups in total. The van der Waals surface area contributed by atoms with Crippen molar-refractivity contribution < 1.29 is 8.42 Å². The molecule has 0 saturated carbocycles. The van der Waals surface area contributed by atoms with Crippen molar-refractivity contribution in [2.75, 3.05) is 6.54 Å². The maximum absolute atomic E-state index is 12.7. The highest BCUT2D eigenvalue weighted by molar-refractivity contribution is 7.89. The van der Waals surface area contributed by atoms with Crippen molar-refractivity contribution in [1.82, 2.24) is 28.7 Å². The Bertz CT molecular complexity index is 1120. The van der Waals surface area contributed by atoms with E-state index in [1.165, 1.54) is 9.08 Å². The van der Waals surface area contributed by atoms with Gasteiger partial charge in [0.1, 0.15) is 4.90 Å². The molecule has 0 aliphatic heterocycles. The molecule has 0 bridgehead atoms. The molecule has 0 fully saturated rings. The van der Waals surface area contributed by atoms with Gasteiger partial charge in [0.05, 0.1) is 11.4 Å². The predicted molar refractivity (Wildman–Crippen MR) is 101 cm³/mol. The quantitative estimate of drug-likeness (QED) is 0.610. The van der Waals surface area contributed by atoms with E-state index in [1.54, 1.807) is 36.9 Å². The van der Waals surface area contributed by atoms with Gasteiger partial charge in [-0.05, 0) is 46.2 Å². The van der Waals surface area contributed by atoms with Crippen LogP contribution in [0.4, 0.5) is 0 Å². The average molecular weight is 392 g/mol. The number of aromatic nitrogens is 5. The van der Waals surface area contributed by atoms with Gasteiger partial charge in [0.25, 0.3) is 0 Å². The molecule has 3 rings (SSSR count). The zero-order valence-electron chi connectivity index (χ0n) is 15.9. The molecule has 3 heterocycles. The largest absolute Gasteiger partial charge is 0.350 e. The Balaban J connectivity index is 1.68. The van der Waals surface area contributed by atoms with Gasteiger partial charge in [-0.1, -0.05) is 6.07 Å². The van der Waals surface area contributed by atoms with E-state index in [-0.39, 0.29) is 23.2 Å². The van der Waals surface area contributed by atoms with E-state index in [2.05, 4.69) is 14.9 Å². The Morgan fingerprint density at radius 2 is 1.93 bits per heavy atom. The molecule has 27 heavy (non-hydrogen) atoms. The highest BCUT2D eigenvalue weighted by Crippen LogP contribution is 2.21. The number of rotatable bonds is 7. The first-order valence-corrected chi connectivity index (χ1v) is 10.3. The summed E-state index contributed by atoms with van der Waals surface area (Å²) in [6.07, 6.45) is 2.10. The van der Waals surface area contributed by atoms with Crippen LogP contribution in [0.25, 0.3) is 5.65 Å². The van der Waals surface area contributed by atoms with Gasteiger partial charge < -0.3 is 0 Å². The number of nitrogens with one attached hydrogen (secondary N) is 1. The van der Waals surface area contributed by atoms with Crippen molar-refractivity contribution in [3.63, 3.8) is 0 Å². The summed E-state index contributed by atoms with van der Waals surface area (Å²) >= 11 is 0. The third kappa shape index (κ3) is 3.67. The SMILES string of the molecule is Cc1nn(C(C)C)c(C)c1S(=O)(=O)NCCCn1nc2ccccn2c1=O. The fourth-order valence-corrected chi connectivity index (χ4v) is 4.63. The predicted octanol–water partition coefficient (Wildman–Crippen LogP) is 1.26. The summed E-state index contributed by atoms with van der Waals surface area (Å²) in [6.45, 7) is 7.88. The van der Waals surface area contributed by atoms with E-state index in [0.29, 0.717) is 30.0 Å². The lowest BCUT2D eigenvalue weighted by Gasteiger charge is -2.10. The first kappa shape index (κ1) is 19.3. The van der Waals surface area contributed by atoms with Crippen LogP contribution in [0.1, 0.15) is 37.7 Å². The van der Waals surface area contributed by atoms with Gasteiger partial charge in [-0.3, -0.25) is 9.08 Å². The van der Waals surface area contributed by atoms with Crippen molar-refractivity contribution >= 4 is 15.7 Å². The minimum absolute atomic E-state index is 0.0783. The molecular formula is C17H24N6O3S. The fourth-order valence-electron chi connectivity index (χ4n) is 3.16. The van der Waals surface area contributed by atoms with Crippen LogP contribution in [0.15, 0.2) is 34.1 Å². The lowest BCUT2D eigenvalue weighted by Crippen LogP contribution is -2.28. The number of aryl methyl sites for hydroxylation is 2. The summed E-state index contributed by atoms with van der Waals surface area (Å²) < 4.78 is 32.5. The fraction of sp³-hybridized carbons (Fsp3) is 0.471. The molecule has 146 valence electrons. The third-order valence-corrected chi connectivity index (χ3v) is 6.06. The van der Waals surface area contributed by atoms with E-state index in [9.17, 15) is 13.2 Å². The first-order valence-electron chi connectivity index (χ1n) is 8.82. The molecule has 0 atom stereocenters. The molecular weight excluding hydrogens is 368 g/mol. The summed E-state index contributed by atoms with van der Waals surface area (Å²) in [7, 11) is -3.67. The van der Waals surface area contributed by atoms with Crippen LogP contribution in [-0.4, -0.2) is 38.9 Å². The Morgan fingerprint density at radius 1 is 1.19 bits per heavy atom. The molecule has 0 spiro atoms. The minimum Gasteiger partial charge on any atom is -0.266 e. The molecule has 0 aliphatic carbocycles. The second-order valence-corrected chi connectivity index (χ2v) is 8.43. The Hall–Kier alpha value is -2.46. The van der Waals surface area contributed by atoms with Crippen LogP contribution in [0.5, 0.6) is 0 Å². The van der Waals surface area contributed by atoms with E-state index < -0.39 is 10.0 Å². The van der Waals surface area contributed by atoms with Gasteiger partial charge in [-0.2, -0.15) is 5.10 Å². The minimum atomic E-state index is -3.67. The normalized spacial score (nSPS) is 12.3. The molecule has 3 aromatic heterocycles. The standard InChI is InChI=1S/C17H24N6O3S/c1-12(2)23-14(4)16(13(3)19-23)27(25,26)18-9-7-11-22-17(24)21-10-6-5-8-15(21)20-22/h5-6,8,10,12,18H,7,9,11H2,1-4H3. The summed E-state index contributed by atoms with van der Waals surface area (Å²) in [5.74, 6) is 0. The van der Waals surface area contributed by atoms with E-state index in [0.717, 1.165) is 0 Å². The van der Waals surface area contributed by atoms with E-state index in [1.807, 2.05) is 19.9 Å². The summed E-state index contributed by atoms with van der Waals surface area (Å²) in [5.41, 5.74) is 1.42. The Morgan fingerprint density at radius 3 is 2.56 bits per heavy atom. The van der Waals surface area contributed by atoms with Crippen molar-refractivity contribution in [2.24, 2.45) is 0 Å². The lowest BCUT2D eigenvalue weighted by atomic mass is 10.3. The Kier molecular flexibility index (Phi) is 5.20. The third-order valence-electron chi connectivity index (χ3n) is 4.34. The van der Waals surface area contributed by atoms with Crippen LogP contribution >= 0.6 is 0 Å². The number of hydrogen-bond acceptors (Lipinski definition) is 5. The molecule has 0 radical (unpaired) electrons. The monoisotopic (exact) mass is 392 g/mol. The first-order chi connectivity index (χ1) is 12.7. The van der Waals surface area contributed by atoms with Crippen LogP contribution in [-0.2, 0) is 16.6 Å². The zero-order chi connectivity index (χ0) is 19.8. The molecule has 0 amide bonds. The van der Waals surface area contributed by atoms with E-state index >= 15 is 0 Å². The maximum atomic E-state index is 12.7. The second kappa shape index (κ2) is 7.28. The van der Waals surface area contributed by atoms with Gasteiger partial charge >= 0.3 is 5.69 Å². The average Bonchev–Trinajstić information content (AvgIpc) is 3.09. The number of fused-ring (bicyclic) bond motifs is 1. The lowest BCUT2D eigenvalue weighted by molar-refractivity contribution is 0.514. The summed E-state index contributed by atoms with van der Waals surface area (Å²) in [5, 5.41) is 8.56. The van der Waals surface area contributed by atoms with Crippen molar-refractivity contribution in [1.29, 1.82) is 0 Å². The summed E-state index contributed by atoms with van der Waals surface area (Å²) in [6, 6.07) is 5.40. The van der Waals surface area contributed by atoms with Gasteiger partial charge in [0, 0.05) is 25.3 Å². The van der Waals surface area contributed by atoms with Crippen molar-refractivity contribution in [3.05, 3.63) is 46.3 Å².